The lowest BCUT2D eigenvalue weighted by molar-refractivity contribution is 0.388. The van der Waals surface area contributed by atoms with Crippen molar-refractivity contribution in [3.05, 3.63) is 0 Å². The van der Waals surface area contributed by atoms with E-state index in [9.17, 15) is 0 Å². The summed E-state index contributed by atoms with van der Waals surface area (Å²) in [6, 6.07) is 0. The number of hydrogen-bond donors (Lipinski definition) is 0. The molecule has 1 unspecified atom stereocenters. The van der Waals surface area contributed by atoms with E-state index in [4.69, 9.17) is 16.3 Å². The average Bonchev–Trinajstić information content (AvgIpc) is 1.30. The van der Waals surface area contributed by atoms with E-state index >= 15 is 0 Å². The van der Waals surface area contributed by atoms with E-state index in [1.165, 1.54) is 0 Å². The fourth-order valence-electron chi connectivity index (χ4n) is 0.231. The lowest BCUT2D eigenvalue weighted by Crippen LogP contribution is -1.77. The lowest BCUT2D eigenvalue weighted by Gasteiger charge is -2.04. The van der Waals surface area contributed by atoms with E-state index in [-0.39, 0.29) is 0 Å². The van der Waals surface area contributed by atoms with Gasteiger partial charge in [0.1, 0.15) is 4.97 Å². The maximum absolute atomic E-state index is 5.07. The van der Waals surface area contributed by atoms with Crippen LogP contribution in [0.2, 0.25) is 0 Å². The zero-order valence-corrected chi connectivity index (χ0v) is 7.65. The Morgan fingerprint density at radius 1 is 1.86 bits per heavy atom. The number of hydrogen-bond acceptors (Lipinski definition) is 2. The predicted octanol–water partition coefficient (Wildman–Crippen LogP) is 2.36. The van der Waals surface area contributed by atoms with Crippen LogP contribution in [-0.2, 0) is 16.3 Å². The molecule has 0 heterocycles. The Morgan fingerprint density at radius 3 is 2.29 bits per heavy atom. The zero-order valence-electron chi connectivity index (χ0n) is 4.35. The molecule has 4 heteroatoms. The summed E-state index contributed by atoms with van der Waals surface area (Å²) in [5.74, 6) is 0. The van der Waals surface area contributed by atoms with Crippen molar-refractivity contribution in [2.45, 2.75) is 6.92 Å². The van der Waals surface area contributed by atoms with Crippen molar-refractivity contribution in [2.24, 2.45) is 0 Å². The highest BCUT2D eigenvalue weighted by atomic mass is 79.9. The van der Waals surface area contributed by atoms with E-state index in [1.807, 2.05) is 13.6 Å². The van der Waals surface area contributed by atoms with Gasteiger partial charge in [-0.15, -0.1) is 0 Å². The smallest absolute Gasteiger partial charge is 0.125 e. The summed E-state index contributed by atoms with van der Waals surface area (Å²) in [4.78, 5) is -1.52. The minimum absolute atomic E-state index is 0.707. The van der Waals surface area contributed by atoms with E-state index in [0.29, 0.717) is 6.61 Å². The van der Waals surface area contributed by atoms with Crippen LogP contribution in [0.25, 0.3) is 0 Å². The first-order valence-electron chi connectivity index (χ1n) is 1.98. The molecule has 0 aromatic rings. The molecule has 0 N–H and O–H groups in total. The maximum Gasteiger partial charge on any atom is 0.125 e. The van der Waals surface area contributed by atoms with Gasteiger partial charge in [0.15, 0.2) is 0 Å². The fourth-order valence-corrected chi connectivity index (χ4v) is 1.62. The number of rotatable bonds is 2. The first-order valence-corrected chi connectivity index (χ1v) is 7.16. The molecule has 0 aliphatic carbocycles. The SMILES string of the molecule is CCOP(C)(=S)Br. The summed E-state index contributed by atoms with van der Waals surface area (Å²) in [5.41, 5.74) is 0. The van der Waals surface area contributed by atoms with Crippen LogP contribution in [-0.4, -0.2) is 13.3 Å². The molecule has 0 aliphatic heterocycles. The third-order valence-electron chi connectivity index (χ3n) is 0.360. The van der Waals surface area contributed by atoms with Gasteiger partial charge in [-0.05, 0) is 29.1 Å². The van der Waals surface area contributed by atoms with Crippen molar-refractivity contribution in [2.75, 3.05) is 13.3 Å². The fraction of sp³-hybridized carbons (Fsp3) is 1.00. The average molecular weight is 203 g/mol. The molecule has 1 atom stereocenters. The maximum atomic E-state index is 5.07. The molecular formula is C3H8BrOPS. The second-order valence-corrected chi connectivity index (χ2v) is 10.5. The summed E-state index contributed by atoms with van der Waals surface area (Å²) in [6.07, 6.45) is 0. The van der Waals surface area contributed by atoms with Gasteiger partial charge in [-0.3, -0.25) is 0 Å². The quantitative estimate of drug-likeness (QED) is 0.637. The van der Waals surface area contributed by atoms with Crippen LogP contribution in [0.15, 0.2) is 0 Å². The van der Waals surface area contributed by atoms with Crippen LogP contribution in [0.3, 0.4) is 0 Å². The van der Waals surface area contributed by atoms with Crippen molar-refractivity contribution in [3.8, 4) is 0 Å². The Morgan fingerprint density at radius 2 is 2.29 bits per heavy atom. The van der Waals surface area contributed by atoms with Gasteiger partial charge in [-0.1, -0.05) is 11.8 Å². The number of halogens is 1. The van der Waals surface area contributed by atoms with Gasteiger partial charge >= 0.3 is 0 Å². The Labute approximate surface area is 57.3 Å². The minimum Gasteiger partial charge on any atom is -0.341 e. The van der Waals surface area contributed by atoms with E-state index in [2.05, 4.69) is 15.5 Å². The summed E-state index contributed by atoms with van der Waals surface area (Å²) in [7, 11) is 0. The van der Waals surface area contributed by atoms with Crippen LogP contribution in [0.5, 0.6) is 0 Å². The lowest BCUT2D eigenvalue weighted by atomic mass is 10.9. The van der Waals surface area contributed by atoms with E-state index < -0.39 is 4.97 Å². The molecule has 0 aromatic heterocycles. The third-order valence-corrected chi connectivity index (χ3v) is 2.01. The minimum atomic E-state index is -1.52. The van der Waals surface area contributed by atoms with Crippen LogP contribution < -0.4 is 0 Å². The zero-order chi connectivity index (χ0) is 5.91. The molecule has 7 heavy (non-hydrogen) atoms. The van der Waals surface area contributed by atoms with Crippen molar-refractivity contribution in [1.29, 1.82) is 0 Å². The van der Waals surface area contributed by atoms with Gasteiger partial charge in [0.2, 0.25) is 0 Å². The molecule has 0 radical (unpaired) electrons. The van der Waals surface area contributed by atoms with Gasteiger partial charge in [-0.25, -0.2) is 0 Å². The molecular weight excluding hydrogens is 195 g/mol. The normalized spacial score (nSPS) is 18.7. The summed E-state index contributed by atoms with van der Waals surface area (Å²) >= 11 is 8.13. The van der Waals surface area contributed by atoms with Gasteiger partial charge in [-0.2, -0.15) is 0 Å². The first-order chi connectivity index (χ1) is 3.06. The molecule has 0 saturated carbocycles. The summed E-state index contributed by atoms with van der Waals surface area (Å²) in [5, 5.41) is 0. The summed E-state index contributed by atoms with van der Waals surface area (Å²) < 4.78 is 5.07. The largest absolute Gasteiger partial charge is 0.341 e. The van der Waals surface area contributed by atoms with Gasteiger partial charge < -0.3 is 4.52 Å². The van der Waals surface area contributed by atoms with Crippen LogP contribution in [0, 0.1) is 0 Å². The van der Waals surface area contributed by atoms with Crippen molar-refractivity contribution >= 4 is 32.3 Å². The monoisotopic (exact) mass is 202 g/mol. The molecule has 0 amide bonds. The first kappa shape index (κ1) is 8.09. The van der Waals surface area contributed by atoms with E-state index in [1.54, 1.807) is 0 Å². The topological polar surface area (TPSA) is 9.23 Å². The molecule has 0 rings (SSSR count). The highest BCUT2D eigenvalue weighted by Gasteiger charge is 1.99. The van der Waals surface area contributed by atoms with Crippen LogP contribution >= 0.6 is 20.5 Å². The summed E-state index contributed by atoms with van der Waals surface area (Å²) in [6.45, 7) is 4.54. The van der Waals surface area contributed by atoms with Crippen LogP contribution in [0.1, 0.15) is 6.92 Å². The van der Waals surface area contributed by atoms with Crippen molar-refractivity contribution in [1.82, 2.24) is 0 Å². The van der Waals surface area contributed by atoms with Crippen molar-refractivity contribution < 1.29 is 4.52 Å². The standard InChI is InChI=1S/C3H8BrOPS/c1-3-5-6(2,4)7/h3H2,1-2H3. The molecule has 0 fully saturated rings. The second-order valence-electron chi connectivity index (χ2n) is 1.16. The second kappa shape index (κ2) is 3.18. The molecule has 0 spiro atoms. The molecule has 0 aromatic carbocycles. The Bertz CT molecular complexity index is 88.9. The Balaban J connectivity index is 3.36. The van der Waals surface area contributed by atoms with Gasteiger partial charge in [0.05, 0.1) is 0 Å². The molecule has 0 bridgehead atoms. The van der Waals surface area contributed by atoms with E-state index in [0.717, 1.165) is 0 Å². The predicted molar refractivity (Wildman–Crippen MR) is 40.8 cm³/mol. The molecule has 0 aliphatic rings. The highest BCUT2D eigenvalue weighted by Crippen LogP contribution is 2.50. The van der Waals surface area contributed by atoms with Gasteiger partial charge in [0, 0.05) is 6.61 Å². The highest BCUT2D eigenvalue weighted by molar-refractivity contribution is 9.43. The third kappa shape index (κ3) is 7.09. The van der Waals surface area contributed by atoms with Crippen LogP contribution in [0.4, 0.5) is 0 Å². The van der Waals surface area contributed by atoms with Crippen molar-refractivity contribution in [3.63, 3.8) is 0 Å². The Kier molecular flexibility index (Phi) is 3.68. The molecule has 44 valence electrons. The Hall–Kier alpha value is 1.09. The van der Waals surface area contributed by atoms with Gasteiger partial charge in [0.25, 0.3) is 0 Å². The molecule has 1 nitrogen and oxygen atoms in total. The molecule has 0 saturated heterocycles.